The lowest BCUT2D eigenvalue weighted by molar-refractivity contribution is 0.122. The summed E-state index contributed by atoms with van der Waals surface area (Å²) in [6.07, 6.45) is 0. The summed E-state index contributed by atoms with van der Waals surface area (Å²) >= 11 is 0. The van der Waals surface area contributed by atoms with Gasteiger partial charge in [0.05, 0.1) is 31.7 Å². The Morgan fingerprint density at radius 1 is 1.03 bits per heavy atom. The average Bonchev–Trinajstić information content (AvgIpc) is 3.21. The van der Waals surface area contributed by atoms with E-state index in [1.807, 2.05) is 37.3 Å². The number of ether oxygens (including phenoxy) is 2. The molecule has 1 aliphatic heterocycles. The first-order chi connectivity index (χ1) is 15.2. The molecule has 0 saturated carbocycles. The molecule has 2 aromatic heterocycles. The molecule has 1 N–H and O–H groups in total. The fraction of sp³-hybridized carbons (Fsp3) is 0.250. The molecule has 2 aromatic carbocycles. The van der Waals surface area contributed by atoms with Crippen LogP contribution in [0.15, 0.2) is 59.1 Å². The van der Waals surface area contributed by atoms with E-state index in [2.05, 4.69) is 39.6 Å². The Kier molecular flexibility index (Phi) is 5.18. The summed E-state index contributed by atoms with van der Waals surface area (Å²) in [5.74, 6) is 0.768. The van der Waals surface area contributed by atoms with Gasteiger partial charge in [-0.05, 0) is 49.4 Å². The lowest BCUT2D eigenvalue weighted by Gasteiger charge is -2.28. The number of benzene rings is 2. The van der Waals surface area contributed by atoms with Crippen molar-refractivity contribution in [3.8, 4) is 17.0 Å². The highest BCUT2D eigenvalue weighted by atomic mass is 16.5. The highest BCUT2D eigenvalue weighted by Crippen LogP contribution is 2.35. The van der Waals surface area contributed by atoms with E-state index in [1.54, 1.807) is 7.11 Å². The van der Waals surface area contributed by atoms with Gasteiger partial charge in [-0.15, -0.1) is 0 Å². The van der Waals surface area contributed by atoms with E-state index in [4.69, 9.17) is 19.0 Å². The predicted molar refractivity (Wildman–Crippen MR) is 121 cm³/mol. The lowest BCUT2D eigenvalue weighted by atomic mass is 10.1. The largest absolute Gasteiger partial charge is 0.496 e. The smallest absolute Gasteiger partial charge is 0.208 e. The highest BCUT2D eigenvalue weighted by molar-refractivity contribution is 5.92. The minimum Gasteiger partial charge on any atom is -0.496 e. The molecule has 0 bridgehead atoms. The third kappa shape index (κ3) is 3.80. The van der Waals surface area contributed by atoms with Crippen LogP contribution in [0.25, 0.3) is 22.4 Å². The van der Waals surface area contributed by atoms with Gasteiger partial charge in [0, 0.05) is 30.0 Å². The van der Waals surface area contributed by atoms with Crippen LogP contribution in [0.4, 0.5) is 17.1 Å². The molecular weight excluding hydrogens is 392 g/mol. The number of nitrogens with one attached hydrogen (secondary N) is 1. The molecule has 4 aromatic rings. The zero-order chi connectivity index (χ0) is 21.2. The Balaban J connectivity index is 1.50. The second-order valence-corrected chi connectivity index (χ2v) is 7.47. The zero-order valence-corrected chi connectivity index (χ0v) is 17.6. The Hall–Kier alpha value is -3.58. The van der Waals surface area contributed by atoms with Crippen LogP contribution in [-0.4, -0.2) is 43.6 Å². The maximum absolute atomic E-state index is 5.59. The van der Waals surface area contributed by atoms with Crippen molar-refractivity contribution in [2.45, 2.75) is 6.92 Å². The average molecular weight is 416 g/mol. The van der Waals surface area contributed by atoms with Gasteiger partial charge in [0.2, 0.25) is 5.58 Å². The number of pyridine rings is 1. The lowest BCUT2D eigenvalue weighted by Crippen LogP contribution is -2.36. The molecule has 0 atom stereocenters. The molecule has 158 valence electrons. The standard InChI is InChI=1S/C24H24N4O3/c1-16-23-24(31-27-16)21(15-20(26-23)19-5-3-4-6-22(19)29-2)25-17-7-9-18(10-8-17)28-11-13-30-14-12-28/h3-10,15H,11-14H2,1-2H3,(H,25,26). The Bertz CT molecular complexity index is 1200. The number of nitrogens with zero attached hydrogens (tertiary/aromatic N) is 3. The van der Waals surface area contributed by atoms with E-state index in [9.17, 15) is 0 Å². The van der Waals surface area contributed by atoms with Crippen LogP contribution in [0, 0.1) is 6.92 Å². The van der Waals surface area contributed by atoms with Crippen LogP contribution < -0.4 is 15.0 Å². The van der Waals surface area contributed by atoms with Gasteiger partial charge in [-0.1, -0.05) is 17.3 Å². The molecule has 0 radical (unpaired) electrons. The Morgan fingerprint density at radius 2 is 1.81 bits per heavy atom. The SMILES string of the molecule is COc1ccccc1-c1cc(Nc2ccc(N3CCOCC3)cc2)c2onc(C)c2n1. The van der Waals surface area contributed by atoms with Gasteiger partial charge in [-0.25, -0.2) is 4.98 Å². The number of fused-ring (bicyclic) bond motifs is 1. The van der Waals surface area contributed by atoms with Gasteiger partial charge in [-0.3, -0.25) is 0 Å². The van der Waals surface area contributed by atoms with Crippen molar-refractivity contribution in [2.24, 2.45) is 0 Å². The minimum absolute atomic E-state index is 0.633. The molecule has 1 saturated heterocycles. The number of para-hydroxylation sites is 1. The van der Waals surface area contributed by atoms with E-state index in [0.29, 0.717) is 5.58 Å². The van der Waals surface area contributed by atoms with E-state index in [0.717, 1.165) is 65.9 Å². The van der Waals surface area contributed by atoms with Gasteiger partial charge in [0.25, 0.3) is 0 Å². The zero-order valence-electron chi connectivity index (χ0n) is 17.6. The first-order valence-corrected chi connectivity index (χ1v) is 10.3. The normalized spacial score (nSPS) is 14.1. The maximum Gasteiger partial charge on any atom is 0.208 e. The Labute approximate surface area is 180 Å². The molecular formula is C24H24N4O3. The molecule has 1 fully saturated rings. The number of hydrogen-bond donors (Lipinski definition) is 1. The summed E-state index contributed by atoms with van der Waals surface area (Å²) < 4.78 is 16.6. The molecule has 3 heterocycles. The molecule has 0 spiro atoms. The van der Waals surface area contributed by atoms with Gasteiger partial charge < -0.3 is 24.2 Å². The molecule has 5 rings (SSSR count). The molecule has 7 nitrogen and oxygen atoms in total. The van der Waals surface area contributed by atoms with Gasteiger partial charge in [0.1, 0.15) is 17.0 Å². The number of hydrogen-bond acceptors (Lipinski definition) is 7. The van der Waals surface area contributed by atoms with Crippen molar-refractivity contribution in [3.63, 3.8) is 0 Å². The van der Waals surface area contributed by atoms with Crippen molar-refractivity contribution in [1.29, 1.82) is 0 Å². The van der Waals surface area contributed by atoms with Crippen molar-refractivity contribution >= 4 is 28.2 Å². The van der Waals surface area contributed by atoms with E-state index < -0.39 is 0 Å². The van der Waals surface area contributed by atoms with Crippen molar-refractivity contribution in [1.82, 2.24) is 10.1 Å². The highest BCUT2D eigenvalue weighted by Gasteiger charge is 2.17. The molecule has 0 amide bonds. The fourth-order valence-corrected chi connectivity index (χ4v) is 3.85. The van der Waals surface area contributed by atoms with Crippen LogP contribution >= 0.6 is 0 Å². The number of aromatic nitrogens is 2. The van der Waals surface area contributed by atoms with Gasteiger partial charge >= 0.3 is 0 Å². The topological polar surface area (TPSA) is 72.7 Å². The number of aryl methyl sites for hydroxylation is 1. The van der Waals surface area contributed by atoms with Crippen molar-refractivity contribution < 1.29 is 14.0 Å². The second-order valence-electron chi connectivity index (χ2n) is 7.47. The van der Waals surface area contributed by atoms with Crippen LogP contribution in [0.2, 0.25) is 0 Å². The molecule has 1 aliphatic rings. The van der Waals surface area contributed by atoms with E-state index >= 15 is 0 Å². The predicted octanol–water partition coefficient (Wildman–Crippen LogP) is 4.79. The fourth-order valence-electron chi connectivity index (χ4n) is 3.85. The third-order valence-corrected chi connectivity index (χ3v) is 5.50. The minimum atomic E-state index is 0.633. The van der Waals surface area contributed by atoms with Crippen LogP contribution in [0.1, 0.15) is 5.69 Å². The number of morpholine rings is 1. The summed E-state index contributed by atoms with van der Waals surface area (Å²) in [4.78, 5) is 7.13. The monoisotopic (exact) mass is 416 g/mol. The van der Waals surface area contributed by atoms with Crippen molar-refractivity contribution in [2.75, 3.05) is 43.6 Å². The summed E-state index contributed by atoms with van der Waals surface area (Å²) in [6.45, 7) is 5.26. The van der Waals surface area contributed by atoms with Crippen LogP contribution in [0.5, 0.6) is 5.75 Å². The second kappa shape index (κ2) is 8.28. The number of anilines is 3. The van der Waals surface area contributed by atoms with Crippen molar-refractivity contribution in [3.05, 3.63) is 60.3 Å². The summed E-state index contributed by atoms with van der Waals surface area (Å²) in [5.41, 5.74) is 6.79. The number of rotatable bonds is 5. The molecule has 0 unspecified atom stereocenters. The van der Waals surface area contributed by atoms with Gasteiger partial charge in [-0.2, -0.15) is 0 Å². The number of methoxy groups -OCH3 is 1. The van der Waals surface area contributed by atoms with Gasteiger partial charge in [0.15, 0.2) is 0 Å². The molecule has 31 heavy (non-hydrogen) atoms. The molecule has 0 aliphatic carbocycles. The van der Waals surface area contributed by atoms with E-state index in [1.165, 1.54) is 5.69 Å². The summed E-state index contributed by atoms with van der Waals surface area (Å²) in [5, 5.41) is 7.60. The summed E-state index contributed by atoms with van der Waals surface area (Å²) in [6, 6.07) is 18.2. The summed E-state index contributed by atoms with van der Waals surface area (Å²) in [7, 11) is 1.66. The quantitative estimate of drug-likeness (QED) is 0.502. The Morgan fingerprint density at radius 3 is 2.58 bits per heavy atom. The van der Waals surface area contributed by atoms with Crippen LogP contribution in [0.3, 0.4) is 0 Å². The first kappa shape index (κ1) is 19.4. The third-order valence-electron chi connectivity index (χ3n) is 5.50. The van der Waals surface area contributed by atoms with Crippen LogP contribution in [-0.2, 0) is 4.74 Å². The maximum atomic E-state index is 5.59. The molecule has 7 heteroatoms. The first-order valence-electron chi connectivity index (χ1n) is 10.3. The van der Waals surface area contributed by atoms with E-state index in [-0.39, 0.29) is 0 Å².